The second-order valence-corrected chi connectivity index (χ2v) is 8.98. The molecule has 0 spiro atoms. The van der Waals surface area contributed by atoms with Gasteiger partial charge in [-0.2, -0.15) is 4.48 Å². The van der Waals surface area contributed by atoms with Crippen LogP contribution in [0.4, 0.5) is 0 Å². The summed E-state index contributed by atoms with van der Waals surface area (Å²) in [6.45, 7) is 3.35. The molecule has 2 amide bonds. The molecule has 0 atom stereocenters. The third-order valence-corrected chi connectivity index (χ3v) is 6.17. The number of nitrogens with zero attached hydrogens (tertiary/aromatic N) is 1. The van der Waals surface area contributed by atoms with Gasteiger partial charge in [-0.3, -0.25) is 0 Å². The fraction of sp³-hybridized carbons (Fsp3) is 0.704. The summed E-state index contributed by atoms with van der Waals surface area (Å²) in [4.78, 5) is 23.2. The average molecular weight is 425 g/mol. The topological polar surface area (TPSA) is 34.1 Å². The van der Waals surface area contributed by atoms with Gasteiger partial charge in [-0.1, -0.05) is 127 Å². The van der Waals surface area contributed by atoms with E-state index >= 15 is 0 Å². The summed E-state index contributed by atoms with van der Waals surface area (Å²) in [5, 5.41) is 0. The molecular weight excluding hydrogens is 377 g/mol. The van der Waals surface area contributed by atoms with E-state index in [-0.39, 0.29) is 23.3 Å². The summed E-state index contributed by atoms with van der Waals surface area (Å²) < 4.78 is -0.109. The standard InChI is InChI=1S/C27H46NO2.Li.H/c1-2-3-4-5-6-7-8-9-10-11-12-13-14-15-16-20-23-28(25-29,26-30)24-27-21-18-17-19-22-27;;/h17-19,21-22,25-26H,2-16,20,23-24H2,1H3;;/q+1;;. The summed E-state index contributed by atoms with van der Waals surface area (Å²) in [6.07, 6.45) is 22.9. The predicted octanol–water partition coefficient (Wildman–Crippen LogP) is 6.93. The van der Waals surface area contributed by atoms with Crippen LogP contribution in [0.2, 0.25) is 0 Å². The number of benzene rings is 1. The number of rotatable bonds is 21. The Morgan fingerprint density at radius 3 is 1.39 bits per heavy atom. The van der Waals surface area contributed by atoms with Gasteiger partial charge in [-0.15, -0.1) is 0 Å². The molecule has 0 unspecified atom stereocenters. The van der Waals surface area contributed by atoms with Gasteiger partial charge in [0.1, 0.15) is 6.54 Å². The van der Waals surface area contributed by atoms with Crippen molar-refractivity contribution < 1.29 is 14.1 Å². The molecule has 0 aliphatic heterocycles. The molecule has 0 saturated carbocycles. The monoisotopic (exact) mass is 424 g/mol. The third-order valence-electron chi connectivity index (χ3n) is 6.17. The normalized spacial score (nSPS) is 11.1. The number of quaternary nitrogens is 1. The van der Waals surface area contributed by atoms with Gasteiger partial charge in [0.05, 0.1) is 6.54 Å². The van der Waals surface area contributed by atoms with Crippen LogP contribution in [0, 0.1) is 0 Å². The fourth-order valence-corrected chi connectivity index (χ4v) is 4.16. The third kappa shape index (κ3) is 15.5. The van der Waals surface area contributed by atoms with E-state index in [9.17, 15) is 9.59 Å². The molecule has 1 rings (SSSR count). The van der Waals surface area contributed by atoms with Gasteiger partial charge in [-0.05, 0) is 12.8 Å². The van der Waals surface area contributed by atoms with Crippen LogP contribution in [-0.4, -0.2) is 42.7 Å². The molecule has 3 nitrogen and oxygen atoms in total. The first kappa shape index (κ1) is 30.1. The van der Waals surface area contributed by atoms with Crippen LogP contribution in [0.3, 0.4) is 0 Å². The van der Waals surface area contributed by atoms with Crippen molar-refractivity contribution in [3.63, 3.8) is 0 Å². The van der Waals surface area contributed by atoms with E-state index in [0.717, 1.165) is 31.2 Å². The number of imide groups is 1. The zero-order valence-corrected chi connectivity index (χ0v) is 19.5. The van der Waals surface area contributed by atoms with E-state index in [1.165, 1.54) is 89.9 Å². The maximum absolute atomic E-state index is 11.6. The van der Waals surface area contributed by atoms with Gasteiger partial charge in [0.15, 0.2) is 0 Å². The summed E-state index contributed by atoms with van der Waals surface area (Å²) in [7, 11) is 0. The van der Waals surface area contributed by atoms with Crippen molar-refractivity contribution in [2.75, 3.05) is 6.54 Å². The second kappa shape index (κ2) is 21.0. The average Bonchev–Trinajstić information content (AvgIpc) is 2.78. The fourth-order valence-electron chi connectivity index (χ4n) is 4.16. The molecule has 0 fully saturated rings. The Bertz CT molecular complexity index is 527. The molecule has 1 aromatic carbocycles. The van der Waals surface area contributed by atoms with E-state index in [1.807, 2.05) is 30.3 Å². The quantitative estimate of drug-likeness (QED) is 0.0928. The summed E-state index contributed by atoms with van der Waals surface area (Å²) in [5.41, 5.74) is 1.04. The Morgan fingerprint density at radius 1 is 0.613 bits per heavy atom. The summed E-state index contributed by atoms with van der Waals surface area (Å²) >= 11 is 0. The maximum atomic E-state index is 11.6. The van der Waals surface area contributed by atoms with Crippen molar-refractivity contribution in [2.45, 2.75) is 116 Å². The van der Waals surface area contributed by atoms with Gasteiger partial charge in [-0.25, -0.2) is 9.59 Å². The van der Waals surface area contributed by atoms with Crippen molar-refractivity contribution in [1.29, 1.82) is 0 Å². The van der Waals surface area contributed by atoms with Gasteiger partial charge < -0.3 is 0 Å². The van der Waals surface area contributed by atoms with Crippen LogP contribution >= 0.6 is 0 Å². The van der Waals surface area contributed by atoms with Crippen LogP contribution in [0.5, 0.6) is 0 Å². The first-order chi connectivity index (χ1) is 14.8. The minimum atomic E-state index is -0.109. The predicted molar refractivity (Wildman–Crippen MR) is 134 cm³/mol. The van der Waals surface area contributed by atoms with Crippen molar-refractivity contribution in [2.24, 2.45) is 0 Å². The van der Waals surface area contributed by atoms with Crippen LogP contribution < -0.4 is 0 Å². The molecule has 172 valence electrons. The molecule has 4 heteroatoms. The molecule has 0 radical (unpaired) electrons. The van der Waals surface area contributed by atoms with Crippen LogP contribution in [-0.2, 0) is 16.1 Å². The molecule has 0 aliphatic carbocycles. The molecular formula is C27H47LiNO2+. The van der Waals surface area contributed by atoms with Gasteiger partial charge >= 0.3 is 31.7 Å². The minimum absolute atomic E-state index is 0. The number of carbonyl (C=O) groups is 2. The number of hydrogen-bond donors (Lipinski definition) is 0. The Balaban J connectivity index is 0.00000900. The Labute approximate surface area is 204 Å². The van der Waals surface area contributed by atoms with Gasteiger partial charge in [0, 0.05) is 5.56 Å². The number of unbranched alkanes of at least 4 members (excludes halogenated alkanes) is 15. The van der Waals surface area contributed by atoms with E-state index in [2.05, 4.69) is 6.92 Å². The molecule has 0 aromatic heterocycles. The molecule has 0 N–H and O–H groups in total. The molecule has 0 aliphatic rings. The van der Waals surface area contributed by atoms with E-state index < -0.39 is 0 Å². The zero-order valence-electron chi connectivity index (χ0n) is 19.5. The molecule has 0 heterocycles. The molecule has 1 aromatic rings. The van der Waals surface area contributed by atoms with Crippen LogP contribution in [0.15, 0.2) is 30.3 Å². The van der Waals surface area contributed by atoms with Gasteiger partial charge in [0.25, 0.3) is 0 Å². The van der Waals surface area contributed by atoms with Crippen molar-refractivity contribution in [3.05, 3.63) is 35.9 Å². The zero-order chi connectivity index (χ0) is 21.8. The van der Waals surface area contributed by atoms with Crippen molar-refractivity contribution in [3.8, 4) is 0 Å². The number of amides is 2. The molecule has 0 bridgehead atoms. The first-order valence-corrected chi connectivity index (χ1v) is 12.6. The molecule has 0 saturated heterocycles. The molecule has 31 heavy (non-hydrogen) atoms. The Morgan fingerprint density at radius 2 is 1.00 bits per heavy atom. The SMILES string of the molecule is CCCCCCCCCCCCCCCCCC[N+](C=O)(C=O)Cc1ccccc1.[LiH]. The van der Waals surface area contributed by atoms with Gasteiger partial charge in [0.2, 0.25) is 0 Å². The van der Waals surface area contributed by atoms with Crippen molar-refractivity contribution in [1.82, 2.24) is 0 Å². The summed E-state index contributed by atoms with van der Waals surface area (Å²) in [6, 6.07) is 9.82. The first-order valence-electron chi connectivity index (χ1n) is 12.6. The van der Waals surface area contributed by atoms with E-state index in [0.29, 0.717) is 13.1 Å². The van der Waals surface area contributed by atoms with E-state index in [4.69, 9.17) is 0 Å². The van der Waals surface area contributed by atoms with Crippen LogP contribution in [0.1, 0.15) is 115 Å². The number of carbonyl (C=O) groups excluding carboxylic acids is 2. The van der Waals surface area contributed by atoms with Crippen molar-refractivity contribution >= 4 is 31.7 Å². The number of hydrogen-bond acceptors (Lipinski definition) is 2. The Hall–Kier alpha value is -0.883. The summed E-state index contributed by atoms with van der Waals surface area (Å²) in [5.74, 6) is 0. The Kier molecular flexibility index (Phi) is 20.4. The van der Waals surface area contributed by atoms with E-state index in [1.54, 1.807) is 0 Å². The second-order valence-electron chi connectivity index (χ2n) is 8.98. The van der Waals surface area contributed by atoms with Crippen LogP contribution in [0.25, 0.3) is 0 Å².